The lowest BCUT2D eigenvalue weighted by Crippen LogP contribution is -2.45. The summed E-state index contributed by atoms with van der Waals surface area (Å²) in [5.41, 5.74) is 0. The smallest absolute Gasteiger partial charge is 0.235 e. The van der Waals surface area contributed by atoms with Crippen LogP contribution in [0.5, 0.6) is 0 Å². The van der Waals surface area contributed by atoms with Crippen LogP contribution < -0.4 is 5.32 Å². The number of hydrogen-bond acceptors (Lipinski definition) is 3. The van der Waals surface area contributed by atoms with E-state index in [2.05, 4.69) is 15.6 Å². The summed E-state index contributed by atoms with van der Waals surface area (Å²) in [7, 11) is 0. The summed E-state index contributed by atoms with van der Waals surface area (Å²) in [6.07, 6.45) is 5.53. The number of amides is 1. The lowest BCUT2D eigenvalue weighted by Gasteiger charge is -2.35. The summed E-state index contributed by atoms with van der Waals surface area (Å²) in [4.78, 5) is 11.0. The first-order valence-electron chi connectivity index (χ1n) is 4.97. The summed E-state index contributed by atoms with van der Waals surface area (Å²) >= 11 is 5.39. The average molecular weight is 265 g/mol. The highest BCUT2D eigenvalue weighted by Gasteiger charge is 2.30. The molecule has 1 aromatic heterocycles. The predicted molar refractivity (Wildman–Crippen MR) is 62.6 cm³/mol. The van der Waals surface area contributed by atoms with E-state index in [1.54, 1.807) is 6.20 Å². The molecule has 0 aliphatic heterocycles. The molecule has 7 heteroatoms. The molecule has 1 aliphatic rings. The Morgan fingerprint density at radius 2 is 2.31 bits per heavy atom. The van der Waals surface area contributed by atoms with Gasteiger partial charge >= 0.3 is 0 Å². The van der Waals surface area contributed by atoms with Gasteiger partial charge in [-0.1, -0.05) is 5.21 Å². The predicted octanol–water partition coefficient (Wildman–Crippen LogP) is 0.833. The average Bonchev–Trinajstić information content (AvgIpc) is 2.66. The van der Waals surface area contributed by atoms with Gasteiger partial charge in [0.1, 0.15) is 5.88 Å². The van der Waals surface area contributed by atoms with Crippen molar-refractivity contribution in [1.82, 2.24) is 20.3 Å². The number of alkyl halides is 1. The quantitative estimate of drug-likeness (QED) is 0.820. The minimum absolute atomic E-state index is 0. The van der Waals surface area contributed by atoms with Crippen LogP contribution in [0.2, 0.25) is 0 Å². The van der Waals surface area contributed by atoms with Crippen LogP contribution in [-0.2, 0) is 11.3 Å². The number of nitrogens with zero attached hydrogens (tertiary/aromatic N) is 3. The fourth-order valence-electron chi connectivity index (χ4n) is 1.86. The number of nitrogens with one attached hydrogen (secondary N) is 1. The summed E-state index contributed by atoms with van der Waals surface area (Å²) in [6.45, 7) is 0.882. The molecule has 1 aromatic rings. The van der Waals surface area contributed by atoms with Gasteiger partial charge in [0.2, 0.25) is 5.91 Å². The van der Waals surface area contributed by atoms with Crippen molar-refractivity contribution in [1.29, 1.82) is 0 Å². The summed E-state index contributed by atoms with van der Waals surface area (Å²) in [5.74, 6) is 0.553. The molecule has 1 N–H and O–H groups in total. The van der Waals surface area contributed by atoms with Crippen LogP contribution in [0.15, 0.2) is 12.4 Å². The maximum Gasteiger partial charge on any atom is 0.235 e. The second-order valence-electron chi connectivity index (χ2n) is 3.86. The third kappa shape index (κ3) is 3.35. The van der Waals surface area contributed by atoms with Gasteiger partial charge in [-0.15, -0.1) is 29.1 Å². The van der Waals surface area contributed by atoms with E-state index in [9.17, 15) is 4.79 Å². The Kier molecular flexibility index (Phi) is 5.02. The molecule has 90 valence electrons. The highest BCUT2D eigenvalue weighted by atomic mass is 35.5. The minimum atomic E-state index is -0.0825. The SMILES string of the molecule is Cl.O=C(CCl)NC1CC(Cn2ccnn2)C1. The number of carbonyl (C=O) groups is 1. The third-order valence-corrected chi connectivity index (χ3v) is 2.88. The van der Waals surface area contributed by atoms with Gasteiger partial charge in [0.05, 0.1) is 6.20 Å². The van der Waals surface area contributed by atoms with Gasteiger partial charge in [0, 0.05) is 18.8 Å². The molecule has 1 heterocycles. The van der Waals surface area contributed by atoms with Crippen LogP contribution in [0.3, 0.4) is 0 Å². The van der Waals surface area contributed by atoms with E-state index in [1.807, 2.05) is 10.9 Å². The van der Waals surface area contributed by atoms with Crippen molar-refractivity contribution < 1.29 is 4.79 Å². The van der Waals surface area contributed by atoms with Gasteiger partial charge in [-0.25, -0.2) is 0 Å². The van der Waals surface area contributed by atoms with Gasteiger partial charge in [0.15, 0.2) is 0 Å². The van der Waals surface area contributed by atoms with Crippen molar-refractivity contribution in [2.45, 2.75) is 25.4 Å². The van der Waals surface area contributed by atoms with E-state index in [1.165, 1.54) is 0 Å². The fraction of sp³-hybridized carbons (Fsp3) is 0.667. The zero-order valence-corrected chi connectivity index (χ0v) is 10.2. The molecule has 1 amide bonds. The number of aromatic nitrogens is 3. The fourth-order valence-corrected chi connectivity index (χ4v) is 1.94. The van der Waals surface area contributed by atoms with E-state index in [0.29, 0.717) is 12.0 Å². The topological polar surface area (TPSA) is 59.8 Å². The Morgan fingerprint density at radius 3 is 2.88 bits per heavy atom. The Bertz CT molecular complexity index is 324. The second kappa shape index (κ2) is 6.06. The molecular formula is C9H14Cl2N4O. The van der Waals surface area contributed by atoms with Crippen LogP contribution in [0.25, 0.3) is 0 Å². The molecule has 2 rings (SSSR count). The second-order valence-corrected chi connectivity index (χ2v) is 4.13. The van der Waals surface area contributed by atoms with Gasteiger partial charge in [-0.05, 0) is 18.8 Å². The molecule has 0 atom stereocenters. The molecule has 1 aliphatic carbocycles. The van der Waals surface area contributed by atoms with Crippen molar-refractivity contribution in [3.63, 3.8) is 0 Å². The first-order valence-corrected chi connectivity index (χ1v) is 5.51. The molecule has 16 heavy (non-hydrogen) atoms. The highest BCUT2D eigenvalue weighted by molar-refractivity contribution is 6.27. The largest absolute Gasteiger partial charge is 0.352 e. The van der Waals surface area contributed by atoms with Gasteiger partial charge < -0.3 is 5.32 Å². The zero-order chi connectivity index (χ0) is 10.7. The van der Waals surface area contributed by atoms with E-state index < -0.39 is 0 Å². The zero-order valence-electron chi connectivity index (χ0n) is 8.67. The first-order chi connectivity index (χ1) is 7.28. The van der Waals surface area contributed by atoms with Gasteiger partial charge in [-0.2, -0.15) is 0 Å². The lowest BCUT2D eigenvalue weighted by molar-refractivity contribution is -0.120. The molecule has 0 saturated heterocycles. The van der Waals surface area contributed by atoms with Crippen molar-refractivity contribution in [2.24, 2.45) is 5.92 Å². The normalized spacial score (nSPS) is 23.1. The van der Waals surface area contributed by atoms with Crippen LogP contribution in [0.1, 0.15) is 12.8 Å². The Balaban J connectivity index is 0.00000128. The summed E-state index contributed by atoms with van der Waals surface area (Å²) in [6, 6.07) is 0.296. The van der Waals surface area contributed by atoms with Crippen LogP contribution in [0, 0.1) is 5.92 Å². The standard InChI is InChI=1S/C9H13ClN4O.ClH/c10-5-9(15)12-8-3-7(4-8)6-14-2-1-11-13-14;/h1-2,7-8H,3-6H2,(H,12,15);1H. The molecule has 1 saturated carbocycles. The van der Waals surface area contributed by atoms with Gasteiger partial charge in [-0.3, -0.25) is 9.48 Å². The summed E-state index contributed by atoms with van der Waals surface area (Å²) in [5, 5.41) is 10.5. The lowest BCUT2D eigenvalue weighted by atomic mass is 9.80. The van der Waals surface area contributed by atoms with E-state index in [0.717, 1.165) is 19.4 Å². The van der Waals surface area contributed by atoms with E-state index in [4.69, 9.17) is 11.6 Å². The Labute approximate surface area is 105 Å². The Morgan fingerprint density at radius 1 is 1.56 bits per heavy atom. The molecule has 1 fully saturated rings. The molecular weight excluding hydrogens is 251 g/mol. The number of hydrogen-bond donors (Lipinski definition) is 1. The maximum atomic E-state index is 11.0. The van der Waals surface area contributed by atoms with Crippen LogP contribution in [0.4, 0.5) is 0 Å². The number of halogens is 2. The van der Waals surface area contributed by atoms with E-state index >= 15 is 0 Å². The van der Waals surface area contributed by atoms with Crippen molar-refractivity contribution in [2.75, 3.05) is 5.88 Å². The van der Waals surface area contributed by atoms with Crippen LogP contribution >= 0.6 is 24.0 Å². The molecule has 0 radical (unpaired) electrons. The first kappa shape index (κ1) is 13.3. The van der Waals surface area contributed by atoms with Crippen molar-refractivity contribution in [3.05, 3.63) is 12.4 Å². The highest BCUT2D eigenvalue weighted by Crippen LogP contribution is 2.28. The maximum absolute atomic E-state index is 11.0. The number of carbonyl (C=O) groups excluding carboxylic acids is 1. The van der Waals surface area contributed by atoms with Crippen LogP contribution in [-0.4, -0.2) is 32.8 Å². The third-order valence-electron chi connectivity index (χ3n) is 2.64. The van der Waals surface area contributed by atoms with Crippen molar-refractivity contribution >= 4 is 29.9 Å². The number of rotatable bonds is 4. The molecule has 0 aromatic carbocycles. The summed E-state index contributed by atoms with van der Waals surface area (Å²) < 4.78 is 1.82. The van der Waals surface area contributed by atoms with Crippen molar-refractivity contribution in [3.8, 4) is 0 Å². The van der Waals surface area contributed by atoms with E-state index in [-0.39, 0.29) is 24.2 Å². The monoisotopic (exact) mass is 264 g/mol. The molecule has 0 bridgehead atoms. The molecule has 5 nitrogen and oxygen atoms in total. The molecule has 0 spiro atoms. The van der Waals surface area contributed by atoms with Gasteiger partial charge in [0.25, 0.3) is 0 Å². The molecule has 0 unspecified atom stereocenters. The Hall–Kier alpha value is -0.810. The minimum Gasteiger partial charge on any atom is -0.352 e.